The molecule has 0 fully saturated rings. The Kier molecular flexibility index (Phi) is 6.92. The quantitative estimate of drug-likeness (QED) is 0.713. The summed E-state index contributed by atoms with van der Waals surface area (Å²) in [6.45, 7) is 0.792. The van der Waals surface area contributed by atoms with E-state index in [4.69, 9.17) is 0 Å². The van der Waals surface area contributed by atoms with E-state index >= 15 is 0 Å². The van der Waals surface area contributed by atoms with Crippen LogP contribution in [0.15, 0.2) is 48.5 Å². The first-order chi connectivity index (χ1) is 12.0. The molecule has 0 radical (unpaired) electrons. The van der Waals surface area contributed by atoms with Crippen LogP contribution in [0, 0.1) is 12.8 Å². The van der Waals surface area contributed by atoms with Crippen molar-refractivity contribution in [3.8, 4) is 5.75 Å². The monoisotopic (exact) mass is 347 g/mol. The van der Waals surface area contributed by atoms with Crippen LogP contribution in [0.4, 0.5) is 14.5 Å². The molecule has 134 valence electrons. The standard InChI is InChI=1S/C20H23F2NO2/c1-14(11-12-16-7-4-3-5-8-16)13-19(24)23-17-9-6-10-18(15(17)2)25-20(21)22/h3-10,14,20H,11-13H2,1-2H3,(H,23,24). The number of alkyl halides is 2. The number of rotatable bonds is 8. The lowest BCUT2D eigenvalue weighted by Crippen LogP contribution is -2.16. The summed E-state index contributed by atoms with van der Waals surface area (Å²) in [6.07, 6.45) is 2.21. The zero-order chi connectivity index (χ0) is 18.2. The highest BCUT2D eigenvalue weighted by Gasteiger charge is 2.14. The minimum absolute atomic E-state index is 0.0740. The Morgan fingerprint density at radius 1 is 1.12 bits per heavy atom. The van der Waals surface area contributed by atoms with E-state index in [-0.39, 0.29) is 17.6 Å². The molecule has 1 amide bonds. The minimum Gasteiger partial charge on any atom is -0.434 e. The first kappa shape index (κ1) is 18.9. The lowest BCUT2D eigenvalue weighted by Gasteiger charge is -2.15. The van der Waals surface area contributed by atoms with Gasteiger partial charge in [0.1, 0.15) is 5.75 Å². The Bertz CT molecular complexity index is 689. The number of hydrogen-bond donors (Lipinski definition) is 1. The number of amides is 1. The molecule has 1 atom stereocenters. The lowest BCUT2D eigenvalue weighted by molar-refractivity contribution is -0.117. The van der Waals surface area contributed by atoms with Crippen LogP contribution in [0.1, 0.15) is 30.9 Å². The summed E-state index contributed by atoms with van der Waals surface area (Å²) < 4.78 is 29.2. The summed E-state index contributed by atoms with van der Waals surface area (Å²) in [5, 5.41) is 2.79. The second-order valence-corrected chi connectivity index (χ2v) is 6.19. The molecule has 1 unspecified atom stereocenters. The van der Waals surface area contributed by atoms with E-state index in [1.165, 1.54) is 11.6 Å². The molecule has 0 aliphatic heterocycles. The fraction of sp³-hybridized carbons (Fsp3) is 0.350. The molecule has 0 spiro atoms. The number of benzene rings is 2. The molecule has 25 heavy (non-hydrogen) atoms. The number of nitrogens with one attached hydrogen (secondary N) is 1. The zero-order valence-corrected chi connectivity index (χ0v) is 14.5. The fourth-order valence-electron chi connectivity index (χ4n) is 2.65. The molecule has 0 aliphatic carbocycles. The van der Waals surface area contributed by atoms with Gasteiger partial charge in [-0.05, 0) is 43.4 Å². The summed E-state index contributed by atoms with van der Waals surface area (Å²) >= 11 is 0. The normalized spacial score (nSPS) is 12.0. The molecule has 0 aromatic heterocycles. The second kappa shape index (κ2) is 9.16. The number of ether oxygens (including phenoxy) is 1. The second-order valence-electron chi connectivity index (χ2n) is 6.19. The van der Waals surface area contributed by atoms with Gasteiger partial charge in [-0.25, -0.2) is 0 Å². The number of aryl methyl sites for hydroxylation is 1. The summed E-state index contributed by atoms with van der Waals surface area (Å²) in [5.74, 6) is 0.170. The third-order valence-corrected chi connectivity index (χ3v) is 4.08. The summed E-state index contributed by atoms with van der Waals surface area (Å²) in [6, 6.07) is 14.9. The van der Waals surface area contributed by atoms with E-state index in [0.29, 0.717) is 17.7 Å². The van der Waals surface area contributed by atoms with Crippen LogP contribution in [0.3, 0.4) is 0 Å². The van der Waals surface area contributed by atoms with Crippen LogP contribution in [-0.4, -0.2) is 12.5 Å². The van der Waals surface area contributed by atoms with Gasteiger partial charge in [0.05, 0.1) is 0 Å². The van der Waals surface area contributed by atoms with Gasteiger partial charge in [0.25, 0.3) is 0 Å². The average molecular weight is 347 g/mol. The molecule has 1 N–H and O–H groups in total. The number of carbonyl (C=O) groups excluding carboxylic acids is 1. The molecular formula is C20H23F2NO2. The van der Waals surface area contributed by atoms with Crippen molar-refractivity contribution < 1.29 is 18.3 Å². The van der Waals surface area contributed by atoms with Crippen LogP contribution in [0.5, 0.6) is 5.75 Å². The van der Waals surface area contributed by atoms with E-state index in [1.54, 1.807) is 19.1 Å². The number of carbonyl (C=O) groups is 1. The van der Waals surface area contributed by atoms with Crippen molar-refractivity contribution in [3.63, 3.8) is 0 Å². The van der Waals surface area contributed by atoms with Crippen LogP contribution in [-0.2, 0) is 11.2 Å². The molecule has 0 heterocycles. The number of hydrogen-bond acceptors (Lipinski definition) is 2. The van der Waals surface area contributed by atoms with Crippen molar-refractivity contribution in [1.29, 1.82) is 0 Å². The van der Waals surface area contributed by atoms with Crippen molar-refractivity contribution in [2.24, 2.45) is 5.92 Å². The molecule has 2 rings (SSSR count). The van der Waals surface area contributed by atoms with Gasteiger partial charge in [0.2, 0.25) is 5.91 Å². The van der Waals surface area contributed by atoms with Crippen molar-refractivity contribution in [2.45, 2.75) is 39.7 Å². The van der Waals surface area contributed by atoms with Crippen molar-refractivity contribution in [1.82, 2.24) is 0 Å². The van der Waals surface area contributed by atoms with Crippen LogP contribution in [0.2, 0.25) is 0 Å². The SMILES string of the molecule is Cc1c(NC(=O)CC(C)CCc2ccccc2)cccc1OC(F)F. The fourth-order valence-corrected chi connectivity index (χ4v) is 2.65. The largest absolute Gasteiger partial charge is 0.434 e. The predicted molar refractivity (Wildman–Crippen MR) is 95.0 cm³/mol. The minimum atomic E-state index is -2.89. The van der Waals surface area contributed by atoms with E-state index in [0.717, 1.165) is 12.8 Å². The lowest BCUT2D eigenvalue weighted by atomic mass is 9.98. The first-order valence-electron chi connectivity index (χ1n) is 8.34. The molecule has 3 nitrogen and oxygen atoms in total. The Balaban J connectivity index is 1.87. The summed E-state index contributed by atoms with van der Waals surface area (Å²) in [7, 11) is 0. The average Bonchev–Trinajstić information content (AvgIpc) is 2.57. The van der Waals surface area contributed by atoms with Crippen molar-refractivity contribution >= 4 is 11.6 Å². The molecule has 0 saturated heterocycles. The molecule has 2 aromatic carbocycles. The summed E-state index contributed by atoms with van der Waals surface area (Å²) in [5.41, 5.74) is 2.24. The van der Waals surface area contributed by atoms with Gasteiger partial charge in [0.15, 0.2) is 0 Å². The third-order valence-electron chi connectivity index (χ3n) is 4.08. The third kappa shape index (κ3) is 6.18. The topological polar surface area (TPSA) is 38.3 Å². The highest BCUT2D eigenvalue weighted by molar-refractivity contribution is 5.92. The molecule has 2 aromatic rings. The molecule has 0 bridgehead atoms. The van der Waals surface area contributed by atoms with Crippen molar-refractivity contribution in [2.75, 3.05) is 5.32 Å². The maximum atomic E-state index is 12.4. The molecule has 5 heteroatoms. The van der Waals surface area contributed by atoms with E-state index in [9.17, 15) is 13.6 Å². The smallest absolute Gasteiger partial charge is 0.387 e. The number of halogens is 2. The first-order valence-corrected chi connectivity index (χ1v) is 8.34. The Labute approximate surface area is 147 Å². The number of anilines is 1. The highest BCUT2D eigenvalue weighted by Crippen LogP contribution is 2.27. The zero-order valence-electron chi connectivity index (χ0n) is 14.5. The van der Waals surface area contributed by atoms with Gasteiger partial charge in [-0.2, -0.15) is 8.78 Å². The molecule has 0 saturated carbocycles. The van der Waals surface area contributed by atoms with Gasteiger partial charge in [-0.3, -0.25) is 4.79 Å². The van der Waals surface area contributed by atoms with E-state index in [2.05, 4.69) is 22.2 Å². The van der Waals surface area contributed by atoms with Gasteiger partial charge >= 0.3 is 6.61 Å². The Hall–Kier alpha value is -2.43. The molecular weight excluding hydrogens is 324 g/mol. The van der Waals surface area contributed by atoms with E-state index in [1.807, 2.05) is 25.1 Å². The van der Waals surface area contributed by atoms with Crippen LogP contribution >= 0.6 is 0 Å². The Morgan fingerprint density at radius 3 is 2.52 bits per heavy atom. The predicted octanol–water partition coefficient (Wildman–Crippen LogP) is 5.19. The van der Waals surface area contributed by atoms with Crippen molar-refractivity contribution in [3.05, 3.63) is 59.7 Å². The van der Waals surface area contributed by atoms with Gasteiger partial charge in [0, 0.05) is 17.7 Å². The van der Waals surface area contributed by atoms with E-state index < -0.39 is 6.61 Å². The summed E-state index contributed by atoms with van der Waals surface area (Å²) in [4.78, 5) is 12.2. The molecule has 0 aliphatic rings. The van der Waals surface area contributed by atoms with Crippen LogP contribution in [0.25, 0.3) is 0 Å². The Morgan fingerprint density at radius 2 is 1.84 bits per heavy atom. The van der Waals surface area contributed by atoms with Crippen LogP contribution < -0.4 is 10.1 Å². The highest BCUT2D eigenvalue weighted by atomic mass is 19.3. The van der Waals surface area contributed by atoms with Gasteiger partial charge < -0.3 is 10.1 Å². The van der Waals surface area contributed by atoms with Gasteiger partial charge in [-0.15, -0.1) is 0 Å². The maximum absolute atomic E-state index is 12.4. The van der Waals surface area contributed by atoms with Gasteiger partial charge in [-0.1, -0.05) is 43.3 Å². The maximum Gasteiger partial charge on any atom is 0.387 e.